The second kappa shape index (κ2) is 11.1. The zero-order valence-electron chi connectivity index (χ0n) is 24.5. The molecule has 5 rings (SSSR count). The van der Waals surface area contributed by atoms with E-state index in [-0.39, 0.29) is 43.2 Å². The molecule has 232 valence electrons. The average Bonchev–Trinajstić information content (AvgIpc) is 3.21. The van der Waals surface area contributed by atoms with Gasteiger partial charge >= 0.3 is 18.1 Å². The summed E-state index contributed by atoms with van der Waals surface area (Å²) in [6.45, 7) is 5.22. The van der Waals surface area contributed by atoms with Gasteiger partial charge in [0, 0.05) is 29.4 Å². The van der Waals surface area contributed by atoms with E-state index in [2.05, 4.69) is 22.5 Å². The first kappa shape index (κ1) is 31.2. The second-order valence-corrected chi connectivity index (χ2v) is 12.9. The second-order valence-electron chi connectivity index (χ2n) is 12.9. The molecule has 3 N–H and O–H groups in total. The molecular formula is C33H37F5N2O3. The number of urea groups is 1. The van der Waals surface area contributed by atoms with Crippen molar-refractivity contribution in [1.82, 2.24) is 10.6 Å². The molecule has 0 heterocycles. The van der Waals surface area contributed by atoms with E-state index in [0.29, 0.717) is 31.2 Å². The minimum absolute atomic E-state index is 0.0155. The summed E-state index contributed by atoms with van der Waals surface area (Å²) in [7, 11) is 0. The lowest BCUT2D eigenvalue weighted by Gasteiger charge is -2.56. The van der Waals surface area contributed by atoms with Gasteiger partial charge in [-0.1, -0.05) is 36.5 Å². The summed E-state index contributed by atoms with van der Waals surface area (Å²) >= 11 is 0. The smallest absolute Gasteiger partial charge is 0.383 e. The average molecular weight is 605 g/mol. The minimum Gasteiger partial charge on any atom is -0.383 e. The maximum absolute atomic E-state index is 15.1. The number of halogens is 5. The van der Waals surface area contributed by atoms with Crippen LogP contribution in [0.15, 0.2) is 47.1 Å². The maximum atomic E-state index is 15.1. The Balaban J connectivity index is 1.51. The third-order valence-corrected chi connectivity index (χ3v) is 10.1. The molecule has 4 aliphatic carbocycles. The van der Waals surface area contributed by atoms with Gasteiger partial charge in [-0.2, -0.15) is 22.0 Å². The van der Waals surface area contributed by atoms with Crippen molar-refractivity contribution in [2.75, 3.05) is 6.54 Å². The summed E-state index contributed by atoms with van der Waals surface area (Å²) in [4.78, 5) is 24.0. The van der Waals surface area contributed by atoms with Crippen LogP contribution in [0.3, 0.4) is 0 Å². The number of rotatable bonds is 4. The van der Waals surface area contributed by atoms with Crippen LogP contribution in [0, 0.1) is 29.1 Å². The Bertz CT molecular complexity index is 1420. The predicted octanol–water partition coefficient (Wildman–Crippen LogP) is 6.57. The molecule has 5 atom stereocenters. The lowest BCUT2D eigenvalue weighted by atomic mass is 9.50. The van der Waals surface area contributed by atoms with Crippen molar-refractivity contribution in [3.63, 3.8) is 0 Å². The quantitative estimate of drug-likeness (QED) is 0.269. The fourth-order valence-electron chi connectivity index (χ4n) is 8.10. The Morgan fingerprint density at radius 3 is 2.44 bits per heavy atom. The molecule has 1 aromatic carbocycles. The van der Waals surface area contributed by atoms with Crippen molar-refractivity contribution >= 4 is 11.8 Å². The summed E-state index contributed by atoms with van der Waals surface area (Å²) in [5.74, 6) is -0.713. The SMILES string of the molecule is CC(C)NC(=O)NCC#Cc1ccc([C@H]2C[C@@]3(C)C(CC[C@@]3(O)C(F)(F)C(F)(F)F)C3CCC4=CC(=O)CCC4=C32)cc1. The number of aliphatic hydroxyl groups is 1. The van der Waals surface area contributed by atoms with E-state index < -0.39 is 41.4 Å². The topological polar surface area (TPSA) is 78.4 Å². The standard InChI is InChI=1S/C33H37F5N2O3/c1-19(2)40-29(42)39-16-4-5-20-6-8-21(9-7-20)26-18-30(3)27(14-15-31(30,43)32(34,35)33(36,37)38)25-12-10-22-17-23(41)11-13-24(22)28(25)26/h6-9,17,19,25-27,43H,10-16,18H2,1-3H3,(H2,39,40,42)/t25?,26-,27?,30+,31+/m1/s1. The lowest BCUT2D eigenvalue weighted by molar-refractivity contribution is -0.362. The lowest BCUT2D eigenvalue weighted by Crippen LogP contribution is -2.65. The highest BCUT2D eigenvalue weighted by Crippen LogP contribution is 2.70. The van der Waals surface area contributed by atoms with Crippen molar-refractivity contribution in [2.24, 2.45) is 17.3 Å². The van der Waals surface area contributed by atoms with E-state index in [1.165, 1.54) is 6.92 Å². The number of allylic oxidation sites excluding steroid dienone is 4. The van der Waals surface area contributed by atoms with Crippen LogP contribution in [0.5, 0.6) is 0 Å². The minimum atomic E-state index is -5.88. The molecule has 0 bridgehead atoms. The van der Waals surface area contributed by atoms with Gasteiger partial charge < -0.3 is 15.7 Å². The van der Waals surface area contributed by atoms with Gasteiger partial charge in [-0.3, -0.25) is 4.79 Å². The van der Waals surface area contributed by atoms with Crippen LogP contribution >= 0.6 is 0 Å². The van der Waals surface area contributed by atoms with Gasteiger partial charge in [0.25, 0.3) is 0 Å². The number of fused-ring (bicyclic) bond motifs is 4. The molecule has 2 fully saturated rings. The van der Waals surface area contributed by atoms with Crippen LogP contribution in [0.2, 0.25) is 0 Å². The molecule has 43 heavy (non-hydrogen) atoms. The van der Waals surface area contributed by atoms with E-state index in [1.807, 2.05) is 26.0 Å². The van der Waals surface area contributed by atoms with E-state index in [4.69, 9.17) is 0 Å². The number of ketones is 1. The molecule has 0 saturated heterocycles. The zero-order valence-corrected chi connectivity index (χ0v) is 24.5. The van der Waals surface area contributed by atoms with Crippen LogP contribution in [0.25, 0.3) is 0 Å². The molecule has 4 aliphatic rings. The van der Waals surface area contributed by atoms with Gasteiger partial charge in [0.2, 0.25) is 0 Å². The van der Waals surface area contributed by atoms with Gasteiger partial charge in [0.05, 0.1) is 6.54 Å². The highest BCUT2D eigenvalue weighted by atomic mass is 19.4. The van der Waals surface area contributed by atoms with Crippen molar-refractivity contribution in [3.8, 4) is 11.8 Å². The third-order valence-electron chi connectivity index (χ3n) is 10.1. The summed E-state index contributed by atoms with van der Waals surface area (Å²) in [5.41, 5.74) is -0.566. The number of carbonyl (C=O) groups excluding carboxylic acids is 2. The fourth-order valence-corrected chi connectivity index (χ4v) is 8.10. The molecular weight excluding hydrogens is 567 g/mol. The highest BCUT2D eigenvalue weighted by molar-refractivity contribution is 5.93. The zero-order chi connectivity index (χ0) is 31.4. The normalized spacial score (nSPS) is 30.5. The first-order valence-electron chi connectivity index (χ1n) is 14.9. The van der Waals surface area contributed by atoms with Crippen molar-refractivity contribution in [3.05, 3.63) is 58.2 Å². The monoisotopic (exact) mass is 604 g/mol. The number of hydrogen-bond acceptors (Lipinski definition) is 3. The Hall–Kier alpha value is -3.19. The number of carbonyl (C=O) groups is 2. The molecule has 2 unspecified atom stereocenters. The summed E-state index contributed by atoms with van der Waals surface area (Å²) in [6.07, 6.45) is -2.93. The molecule has 1 aromatic rings. The molecule has 5 nitrogen and oxygen atoms in total. The summed E-state index contributed by atoms with van der Waals surface area (Å²) < 4.78 is 71.5. The number of alkyl halides is 5. The molecule has 2 amide bonds. The van der Waals surface area contributed by atoms with Gasteiger partial charge in [-0.25, -0.2) is 4.79 Å². The van der Waals surface area contributed by atoms with E-state index in [9.17, 15) is 27.9 Å². The number of benzene rings is 1. The van der Waals surface area contributed by atoms with E-state index >= 15 is 8.78 Å². The Morgan fingerprint density at radius 1 is 1.09 bits per heavy atom. The molecule has 10 heteroatoms. The maximum Gasteiger partial charge on any atom is 0.456 e. The van der Waals surface area contributed by atoms with Crippen molar-refractivity contribution in [1.29, 1.82) is 0 Å². The van der Waals surface area contributed by atoms with Crippen molar-refractivity contribution < 1.29 is 36.6 Å². The van der Waals surface area contributed by atoms with E-state index in [1.54, 1.807) is 18.2 Å². The predicted molar refractivity (Wildman–Crippen MR) is 151 cm³/mol. The number of nitrogens with one attached hydrogen (secondary N) is 2. The Kier molecular flexibility index (Phi) is 8.04. The Labute approximate surface area is 248 Å². The van der Waals surface area contributed by atoms with Crippen LogP contribution in [0.1, 0.15) is 82.8 Å². The molecule has 2 saturated carbocycles. The number of hydrogen-bond donors (Lipinski definition) is 3. The van der Waals surface area contributed by atoms with Crippen LogP contribution in [0.4, 0.5) is 26.7 Å². The van der Waals surface area contributed by atoms with Gasteiger partial charge in [-0.15, -0.1) is 0 Å². The van der Waals surface area contributed by atoms with Gasteiger partial charge in [0.1, 0.15) is 5.60 Å². The molecule has 0 aliphatic heterocycles. The summed E-state index contributed by atoms with van der Waals surface area (Å²) in [5, 5.41) is 16.7. The third kappa shape index (κ3) is 5.28. The van der Waals surface area contributed by atoms with Crippen LogP contribution in [-0.2, 0) is 4.79 Å². The Morgan fingerprint density at radius 2 is 1.79 bits per heavy atom. The number of amides is 2. The first-order chi connectivity index (χ1) is 20.1. The highest BCUT2D eigenvalue weighted by Gasteiger charge is 2.79. The van der Waals surface area contributed by atoms with E-state index in [0.717, 1.165) is 22.3 Å². The van der Waals surface area contributed by atoms with Crippen LogP contribution < -0.4 is 10.6 Å². The van der Waals surface area contributed by atoms with Gasteiger partial charge in [0.15, 0.2) is 5.78 Å². The molecule has 0 aromatic heterocycles. The van der Waals surface area contributed by atoms with Crippen LogP contribution in [-0.4, -0.2) is 47.2 Å². The molecule has 0 radical (unpaired) electrons. The summed E-state index contributed by atoms with van der Waals surface area (Å²) in [6, 6.07) is 6.80. The molecule has 0 spiro atoms. The first-order valence-corrected chi connectivity index (χ1v) is 14.9. The fraction of sp³-hybridized carbons (Fsp3) is 0.576. The van der Waals surface area contributed by atoms with Gasteiger partial charge in [-0.05, 0) is 99.1 Å². The largest absolute Gasteiger partial charge is 0.456 e. The van der Waals surface area contributed by atoms with Crippen molar-refractivity contribution in [2.45, 2.75) is 95.4 Å².